The lowest BCUT2D eigenvalue weighted by molar-refractivity contribution is 0.146. The summed E-state index contributed by atoms with van der Waals surface area (Å²) in [6.07, 6.45) is 3.60. The number of amides is 1. The molecule has 0 fully saturated rings. The Morgan fingerprint density at radius 2 is 1.63 bits per heavy atom. The summed E-state index contributed by atoms with van der Waals surface area (Å²) >= 11 is 0. The number of benzene rings is 3. The van der Waals surface area contributed by atoms with Gasteiger partial charge < -0.3 is 18.9 Å². The molecular weight excluding hydrogens is 442 g/mol. The van der Waals surface area contributed by atoms with Crippen molar-refractivity contribution in [1.29, 1.82) is 0 Å². The third kappa shape index (κ3) is 6.15. The average molecular weight is 474 g/mol. The fourth-order valence-electron chi connectivity index (χ4n) is 3.78. The van der Waals surface area contributed by atoms with Crippen molar-refractivity contribution in [3.8, 4) is 17.2 Å². The van der Waals surface area contributed by atoms with E-state index in [0.29, 0.717) is 13.2 Å². The van der Waals surface area contributed by atoms with Crippen LogP contribution in [0.3, 0.4) is 0 Å². The molecule has 0 aliphatic carbocycles. The Hall–Kier alpha value is -3.93. The summed E-state index contributed by atoms with van der Waals surface area (Å²) in [7, 11) is 1.63. The maximum absolute atomic E-state index is 13.3. The Balaban J connectivity index is 1.55. The Kier molecular flexibility index (Phi) is 7.30. The minimum Gasteiger partial charge on any atom is -0.497 e. The van der Waals surface area contributed by atoms with Gasteiger partial charge in [-0.05, 0) is 80.4 Å². The van der Waals surface area contributed by atoms with Gasteiger partial charge in [0, 0.05) is 11.3 Å². The highest BCUT2D eigenvalue weighted by Crippen LogP contribution is 2.34. The summed E-state index contributed by atoms with van der Waals surface area (Å²) in [5, 5.41) is 0. The number of carbonyl (C=O) groups is 1. The van der Waals surface area contributed by atoms with Crippen LogP contribution >= 0.6 is 0 Å². The summed E-state index contributed by atoms with van der Waals surface area (Å²) in [5.74, 6) is 2.33. The number of methoxy groups -OCH3 is 1. The molecule has 0 N–H and O–H groups in total. The Morgan fingerprint density at radius 1 is 0.943 bits per heavy atom. The van der Waals surface area contributed by atoms with Crippen molar-refractivity contribution in [2.45, 2.75) is 39.5 Å². The summed E-state index contributed by atoms with van der Waals surface area (Å²) in [4.78, 5) is 14.9. The number of nitrogens with zero attached hydrogens (tertiary/aromatic N) is 1. The Bertz CT molecular complexity index is 1180. The second-order valence-electron chi connectivity index (χ2n) is 8.83. The van der Waals surface area contributed by atoms with Gasteiger partial charge in [-0.25, -0.2) is 4.79 Å². The highest BCUT2D eigenvalue weighted by Gasteiger charge is 2.24. The maximum atomic E-state index is 13.3. The van der Waals surface area contributed by atoms with E-state index in [1.54, 1.807) is 12.0 Å². The molecule has 0 unspecified atom stereocenters. The van der Waals surface area contributed by atoms with Crippen LogP contribution in [-0.2, 0) is 17.9 Å². The Morgan fingerprint density at radius 3 is 2.31 bits per heavy atom. The molecule has 1 aliphatic heterocycles. The van der Waals surface area contributed by atoms with Crippen LogP contribution in [0.15, 0.2) is 72.8 Å². The fraction of sp³-hybridized carbons (Fsp3) is 0.276. The number of fused-ring (bicyclic) bond motifs is 1. The van der Waals surface area contributed by atoms with E-state index in [1.165, 1.54) is 0 Å². The molecule has 0 saturated carbocycles. The molecule has 4 rings (SSSR count). The molecule has 6 heteroatoms. The molecule has 1 amide bonds. The van der Waals surface area contributed by atoms with Crippen LogP contribution in [0.25, 0.3) is 6.08 Å². The minimum absolute atomic E-state index is 0.159. The maximum Gasteiger partial charge on any atom is 0.414 e. The summed E-state index contributed by atoms with van der Waals surface area (Å²) in [6.45, 7) is 7.07. The summed E-state index contributed by atoms with van der Waals surface area (Å²) < 4.78 is 22.5. The molecule has 0 spiro atoms. The topological polar surface area (TPSA) is 57.2 Å². The summed E-state index contributed by atoms with van der Waals surface area (Å²) in [5.41, 5.74) is 3.11. The van der Waals surface area contributed by atoms with Crippen LogP contribution in [0.5, 0.6) is 17.2 Å². The average Bonchev–Trinajstić information content (AvgIpc) is 2.86. The molecule has 0 radical (unpaired) electrons. The van der Waals surface area contributed by atoms with Crippen LogP contribution in [0.4, 0.5) is 10.5 Å². The third-order valence-corrected chi connectivity index (χ3v) is 5.66. The molecule has 6 nitrogen and oxygen atoms in total. The minimum atomic E-state index is -0.435. The van der Waals surface area contributed by atoms with Gasteiger partial charge in [0.05, 0.1) is 20.3 Å². The van der Waals surface area contributed by atoms with Gasteiger partial charge in [-0.15, -0.1) is 0 Å². The van der Waals surface area contributed by atoms with Gasteiger partial charge in [0.15, 0.2) is 0 Å². The van der Waals surface area contributed by atoms with Crippen LogP contribution in [0.1, 0.15) is 37.5 Å². The van der Waals surface area contributed by atoms with E-state index in [9.17, 15) is 4.79 Å². The SMILES string of the molecule is CCOc1ccc(COC(=O)N(Cc2ccc(OC)cc2)c2ccc3c(c2)C=CC(C)(C)O3)cc1. The zero-order valence-corrected chi connectivity index (χ0v) is 20.6. The van der Waals surface area contributed by atoms with Crippen LogP contribution in [0, 0.1) is 0 Å². The second kappa shape index (κ2) is 10.6. The molecule has 3 aromatic rings. The number of ether oxygens (including phenoxy) is 4. The van der Waals surface area contributed by atoms with Crippen LogP contribution in [0.2, 0.25) is 0 Å². The van der Waals surface area contributed by atoms with Crippen molar-refractivity contribution in [3.05, 3.63) is 89.5 Å². The van der Waals surface area contributed by atoms with Crippen molar-refractivity contribution in [3.63, 3.8) is 0 Å². The van der Waals surface area contributed by atoms with Crippen molar-refractivity contribution in [2.24, 2.45) is 0 Å². The first-order chi connectivity index (χ1) is 16.9. The smallest absolute Gasteiger partial charge is 0.414 e. The first-order valence-electron chi connectivity index (χ1n) is 11.7. The van der Waals surface area contributed by atoms with Gasteiger partial charge in [-0.1, -0.05) is 30.3 Å². The van der Waals surface area contributed by atoms with Crippen molar-refractivity contribution in [1.82, 2.24) is 0 Å². The van der Waals surface area contributed by atoms with Crippen molar-refractivity contribution in [2.75, 3.05) is 18.6 Å². The van der Waals surface area contributed by atoms with Gasteiger partial charge in [0.25, 0.3) is 0 Å². The number of anilines is 1. The molecule has 1 heterocycles. The van der Waals surface area contributed by atoms with E-state index in [0.717, 1.165) is 39.6 Å². The lowest BCUT2D eigenvalue weighted by Crippen LogP contribution is -2.31. The highest BCUT2D eigenvalue weighted by atomic mass is 16.6. The monoisotopic (exact) mass is 473 g/mol. The first-order valence-corrected chi connectivity index (χ1v) is 11.7. The molecule has 3 aromatic carbocycles. The van der Waals surface area contributed by atoms with Gasteiger partial charge in [0.1, 0.15) is 29.5 Å². The van der Waals surface area contributed by atoms with Crippen LogP contribution < -0.4 is 19.1 Å². The molecule has 35 heavy (non-hydrogen) atoms. The Labute approximate surface area is 206 Å². The molecule has 0 saturated heterocycles. The van der Waals surface area contributed by atoms with Gasteiger partial charge in [-0.3, -0.25) is 4.90 Å². The highest BCUT2D eigenvalue weighted by molar-refractivity contribution is 5.88. The predicted octanol–water partition coefficient (Wildman–Crippen LogP) is 6.62. The molecule has 0 atom stereocenters. The lowest BCUT2D eigenvalue weighted by Gasteiger charge is -2.29. The molecule has 182 valence electrons. The van der Waals surface area contributed by atoms with Gasteiger partial charge in [-0.2, -0.15) is 0 Å². The molecule has 0 aromatic heterocycles. The van der Waals surface area contributed by atoms with E-state index < -0.39 is 6.09 Å². The largest absolute Gasteiger partial charge is 0.497 e. The number of carbonyl (C=O) groups excluding carboxylic acids is 1. The first kappa shape index (κ1) is 24.2. The van der Waals surface area contributed by atoms with E-state index in [-0.39, 0.29) is 12.2 Å². The van der Waals surface area contributed by atoms with Crippen LogP contribution in [-0.4, -0.2) is 25.4 Å². The number of rotatable bonds is 8. The van der Waals surface area contributed by atoms with Gasteiger partial charge >= 0.3 is 6.09 Å². The zero-order chi connectivity index (χ0) is 24.8. The molecular formula is C29H31NO5. The second-order valence-corrected chi connectivity index (χ2v) is 8.83. The molecule has 0 bridgehead atoms. The number of hydrogen-bond acceptors (Lipinski definition) is 5. The third-order valence-electron chi connectivity index (χ3n) is 5.66. The van der Waals surface area contributed by atoms with E-state index >= 15 is 0 Å². The molecule has 1 aliphatic rings. The standard InChI is InChI=1S/C29H31NO5/c1-5-33-26-13-8-22(9-14-26)20-34-28(31)30(19-21-6-11-25(32-4)12-7-21)24-10-15-27-23(18-24)16-17-29(2,3)35-27/h6-18H,5,19-20H2,1-4H3. The van der Waals surface area contributed by atoms with E-state index in [4.69, 9.17) is 18.9 Å². The van der Waals surface area contributed by atoms with Gasteiger partial charge in [0.2, 0.25) is 0 Å². The predicted molar refractivity (Wildman–Crippen MR) is 137 cm³/mol. The number of hydrogen-bond donors (Lipinski definition) is 0. The zero-order valence-electron chi connectivity index (χ0n) is 20.6. The lowest BCUT2D eigenvalue weighted by atomic mass is 10.0. The quantitative estimate of drug-likeness (QED) is 0.368. The fourth-order valence-corrected chi connectivity index (χ4v) is 3.78. The normalized spacial score (nSPS) is 13.4. The summed E-state index contributed by atoms with van der Waals surface area (Å²) in [6, 6.07) is 20.9. The van der Waals surface area contributed by atoms with Crippen molar-refractivity contribution < 1.29 is 23.7 Å². The van der Waals surface area contributed by atoms with E-state index in [2.05, 4.69) is 0 Å². The van der Waals surface area contributed by atoms with Crippen molar-refractivity contribution >= 4 is 17.9 Å². The van der Waals surface area contributed by atoms with E-state index in [1.807, 2.05) is 99.7 Å².